The minimum absolute atomic E-state index is 0.816. The normalized spacial score (nSPS) is 12.0. The highest BCUT2D eigenvalue weighted by molar-refractivity contribution is 6.67. The fraction of sp³-hybridized carbons (Fsp3) is 1.00. The van der Waals surface area contributed by atoms with Gasteiger partial charge < -0.3 is 22.1 Å². The summed E-state index contributed by atoms with van der Waals surface area (Å²) in [6.07, 6.45) is 0. The first kappa shape index (κ1) is 20.5. The smallest absolute Gasteiger partial charge is 0.398 e. The van der Waals surface area contributed by atoms with E-state index in [1.165, 1.54) is 0 Å². The van der Waals surface area contributed by atoms with Crippen LogP contribution in [0.3, 0.4) is 0 Å². The Balaban J connectivity index is 0. The van der Waals surface area contributed by atoms with Gasteiger partial charge in [0.15, 0.2) is 0 Å². The van der Waals surface area contributed by atoms with Crippen molar-refractivity contribution in [2.24, 2.45) is 0 Å². The topological polar surface area (TPSA) is 46.2 Å². The molecule has 0 spiro atoms. The summed E-state index contributed by atoms with van der Waals surface area (Å²) in [6, 6.07) is 2.89. The molecule has 0 bridgehead atoms. The van der Waals surface area contributed by atoms with E-state index in [9.17, 15) is 0 Å². The summed E-state index contributed by atoms with van der Waals surface area (Å²) in [7, 11) is 4.44. The molecule has 0 radical (unpaired) electrons. The SMILES string of the molecule is CC[Si](CC)(OC)OC.CC[Si](OC)(OC)OC. The van der Waals surface area contributed by atoms with Crippen LogP contribution < -0.4 is 0 Å². The molecule has 0 heterocycles. The standard InChI is InChI=1S/C6H16O2Si.C5H14O3Si/c2*1-5-9(6-2,7-3)8-4/h5-6H2,1-4H3;5H2,1-4H3. The molecule has 0 aliphatic heterocycles. The highest BCUT2D eigenvalue weighted by Crippen LogP contribution is 2.15. The Kier molecular flexibility index (Phi) is 12.7. The van der Waals surface area contributed by atoms with Gasteiger partial charge in [-0.25, -0.2) is 0 Å². The second-order valence-electron chi connectivity index (χ2n) is 3.67. The van der Waals surface area contributed by atoms with Crippen LogP contribution in [0.25, 0.3) is 0 Å². The largest absolute Gasteiger partial charge is 0.499 e. The summed E-state index contributed by atoms with van der Waals surface area (Å²) in [4.78, 5) is 0. The van der Waals surface area contributed by atoms with Gasteiger partial charge in [0, 0.05) is 41.6 Å². The highest BCUT2D eigenvalue weighted by Gasteiger charge is 2.34. The number of hydrogen-bond donors (Lipinski definition) is 0. The third-order valence-electron chi connectivity index (χ3n) is 3.19. The molecular weight excluding hydrogens is 268 g/mol. The van der Waals surface area contributed by atoms with Gasteiger partial charge in [0.25, 0.3) is 0 Å². The molecule has 112 valence electrons. The van der Waals surface area contributed by atoms with Crippen LogP contribution in [0.5, 0.6) is 0 Å². The van der Waals surface area contributed by atoms with Crippen molar-refractivity contribution < 1.29 is 22.1 Å². The van der Waals surface area contributed by atoms with Crippen molar-refractivity contribution >= 4 is 17.4 Å². The molecule has 0 aliphatic carbocycles. The molecule has 0 saturated heterocycles. The molecular formula is C11H30O5Si2. The third-order valence-corrected chi connectivity index (χ3v) is 9.56. The Hall–Kier alpha value is 0.234. The Labute approximate surface area is 114 Å². The minimum atomic E-state index is -2.19. The zero-order valence-corrected chi connectivity index (χ0v) is 15.2. The Morgan fingerprint density at radius 2 is 0.889 bits per heavy atom. The summed E-state index contributed by atoms with van der Waals surface area (Å²) >= 11 is 0. The number of hydrogen-bond acceptors (Lipinski definition) is 5. The summed E-state index contributed by atoms with van der Waals surface area (Å²) < 4.78 is 25.8. The molecule has 0 aromatic heterocycles. The minimum Gasteiger partial charge on any atom is -0.398 e. The van der Waals surface area contributed by atoms with Crippen molar-refractivity contribution in [1.29, 1.82) is 0 Å². The first-order valence-corrected chi connectivity index (χ1v) is 10.4. The molecule has 0 aromatic rings. The van der Waals surface area contributed by atoms with Gasteiger partial charge >= 0.3 is 17.4 Å². The summed E-state index contributed by atoms with van der Waals surface area (Å²) in [5.41, 5.74) is 0. The average Bonchev–Trinajstić information content (AvgIpc) is 2.46. The molecule has 0 aromatic carbocycles. The van der Waals surface area contributed by atoms with Crippen LogP contribution in [-0.4, -0.2) is 52.9 Å². The van der Waals surface area contributed by atoms with E-state index < -0.39 is 17.4 Å². The monoisotopic (exact) mass is 298 g/mol. The molecule has 0 rings (SSSR count). The van der Waals surface area contributed by atoms with E-state index in [0.29, 0.717) is 0 Å². The lowest BCUT2D eigenvalue weighted by molar-refractivity contribution is 0.125. The molecule has 0 amide bonds. The molecule has 18 heavy (non-hydrogen) atoms. The summed E-state index contributed by atoms with van der Waals surface area (Å²) in [5.74, 6) is 0. The van der Waals surface area contributed by atoms with Crippen LogP contribution in [0.4, 0.5) is 0 Å². The van der Waals surface area contributed by atoms with Gasteiger partial charge in [0.05, 0.1) is 0 Å². The maximum atomic E-state index is 5.30. The van der Waals surface area contributed by atoms with Crippen molar-refractivity contribution in [2.45, 2.75) is 38.9 Å². The van der Waals surface area contributed by atoms with E-state index in [2.05, 4.69) is 13.8 Å². The maximum Gasteiger partial charge on any atom is 0.499 e. The van der Waals surface area contributed by atoms with Crippen LogP contribution >= 0.6 is 0 Å². The van der Waals surface area contributed by atoms with Gasteiger partial charge in [-0.05, 0) is 12.1 Å². The van der Waals surface area contributed by atoms with E-state index in [0.717, 1.165) is 18.1 Å². The van der Waals surface area contributed by atoms with Crippen molar-refractivity contribution in [3.63, 3.8) is 0 Å². The van der Waals surface area contributed by atoms with Crippen LogP contribution in [0.2, 0.25) is 18.1 Å². The number of rotatable bonds is 8. The van der Waals surface area contributed by atoms with E-state index in [-0.39, 0.29) is 0 Å². The maximum absolute atomic E-state index is 5.30. The fourth-order valence-corrected chi connectivity index (χ4v) is 4.78. The zero-order valence-electron chi connectivity index (χ0n) is 13.2. The predicted molar refractivity (Wildman–Crippen MR) is 78.0 cm³/mol. The molecule has 0 atom stereocenters. The molecule has 7 heteroatoms. The first-order valence-electron chi connectivity index (χ1n) is 6.24. The van der Waals surface area contributed by atoms with E-state index in [1.807, 2.05) is 6.92 Å². The van der Waals surface area contributed by atoms with Gasteiger partial charge in [-0.2, -0.15) is 0 Å². The lowest BCUT2D eigenvalue weighted by Crippen LogP contribution is -2.41. The summed E-state index contributed by atoms with van der Waals surface area (Å²) in [6.45, 7) is 6.22. The van der Waals surface area contributed by atoms with Crippen molar-refractivity contribution in [2.75, 3.05) is 35.5 Å². The van der Waals surface area contributed by atoms with Gasteiger partial charge in [0.1, 0.15) is 0 Å². The lowest BCUT2D eigenvalue weighted by Gasteiger charge is -2.23. The molecule has 5 nitrogen and oxygen atoms in total. The fourth-order valence-electron chi connectivity index (χ4n) is 1.59. The molecule has 0 N–H and O–H groups in total. The van der Waals surface area contributed by atoms with Gasteiger partial charge in [0.2, 0.25) is 0 Å². The van der Waals surface area contributed by atoms with Gasteiger partial charge in [-0.3, -0.25) is 0 Å². The highest BCUT2D eigenvalue weighted by atomic mass is 28.4. The Morgan fingerprint density at radius 3 is 0.889 bits per heavy atom. The van der Waals surface area contributed by atoms with Crippen LogP contribution in [0, 0.1) is 0 Å². The second kappa shape index (κ2) is 11.1. The second-order valence-corrected chi connectivity index (χ2v) is 11.0. The van der Waals surface area contributed by atoms with E-state index in [1.54, 1.807) is 35.5 Å². The van der Waals surface area contributed by atoms with Gasteiger partial charge in [-0.1, -0.05) is 20.8 Å². The lowest BCUT2D eigenvalue weighted by atomic mass is 10.9. The quantitative estimate of drug-likeness (QED) is 0.645. The molecule has 0 aliphatic rings. The molecule has 0 unspecified atom stereocenters. The first-order chi connectivity index (χ1) is 8.49. The van der Waals surface area contributed by atoms with E-state index >= 15 is 0 Å². The van der Waals surface area contributed by atoms with Crippen molar-refractivity contribution in [3.05, 3.63) is 0 Å². The van der Waals surface area contributed by atoms with Crippen LogP contribution in [0.15, 0.2) is 0 Å². The van der Waals surface area contributed by atoms with E-state index in [4.69, 9.17) is 22.1 Å². The van der Waals surface area contributed by atoms with Crippen LogP contribution in [0.1, 0.15) is 20.8 Å². The molecule has 0 saturated carbocycles. The third kappa shape index (κ3) is 6.41. The summed E-state index contributed by atoms with van der Waals surface area (Å²) in [5, 5.41) is 0. The zero-order chi connectivity index (χ0) is 14.7. The Morgan fingerprint density at radius 1 is 0.556 bits per heavy atom. The van der Waals surface area contributed by atoms with Crippen molar-refractivity contribution in [3.8, 4) is 0 Å². The Bertz CT molecular complexity index is 129. The average molecular weight is 299 g/mol. The molecule has 0 fully saturated rings. The van der Waals surface area contributed by atoms with Crippen molar-refractivity contribution in [1.82, 2.24) is 0 Å². The van der Waals surface area contributed by atoms with Gasteiger partial charge in [-0.15, -0.1) is 0 Å². The van der Waals surface area contributed by atoms with Crippen LogP contribution in [-0.2, 0) is 22.1 Å². The predicted octanol–water partition coefficient (Wildman–Crippen LogP) is 2.65.